The van der Waals surface area contributed by atoms with E-state index in [0.29, 0.717) is 0 Å². The molecule has 0 aromatic heterocycles. The van der Waals surface area contributed by atoms with Gasteiger partial charge in [-0.3, -0.25) is 0 Å². The van der Waals surface area contributed by atoms with E-state index in [-0.39, 0.29) is 0 Å². The molecule has 0 unspecified atom stereocenters. The summed E-state index contributed by atoms with van der Waals surface area (Å²) >= 11 is 2.74. The monoisotopic (exact) mass is 193 g/mol. The molecular formula is C5H7NO2Se. The van der Waals surface area contributed by atoms with Gasteiger partial charge in [-0.25, -0.2) is 0 Å². The van der Waals surface area contributed by atoms with Crippen molar-refractivity contribution in [1.82, 2.24) is 5.32 Å². The SMILES string of the molecule is O=C(O)[C@H]1NCCC1=[Se]. The molecule has 3 nitrogen and oxygen atoms in total. The van der Waals surface area contributed by atoms with E-state index in [2.05, 4.69) is 20.9 Å². The second kappa shape index (κ2) is 2.60. The van der Waals surface area contributed by atoms with Crippen LogP contribution in [0.3, 0.4) is 0 Å². The van der Waals surface area contributed by atoms with Crippen molar-refractivity contribution in [3.05, 3.63) is 0 Å². The molecule has 0 saturated carbocycles. The van der Waals surface area contributed by atoms with E-state index >= 15 is 0 Å². The van der Waals surface area contributed by atoms with E-state index in [9.17, 15) is 4.79 Å². The van der Waals surface area contributed by atoms with Crippen LogP contribution in [0.1, 0.15) is 6.42 Å². The van der Waals surface area contributed by atoms with Gasteiger partial charge in [0.15, 0.2) is 0 Å². The van der Waals surface area contributed by atoms with Gasteiger partial charge in [-0.2, -0.15) is 0 Å². The molecule has 1 saturated heterocycles. The molecule has 1 atom stereocenters. The molecular weight excluding hydrogens is 185 g/mol. The summed E-state index contributed by atoms with van der Waals surface area (Å²) in [7, 11) is 0. The Morgan fingerprint density at radius 2 is 2.56 bits per heavy atom. The van der Waals surface area contributed by atoms with Crippen LogP contribution in [0.4, 0.5) is 0 Å². The van der Waals surface area contributed by atoms with Crippen molar-refractivity contribution in [2.75, 3.05) is 6.54 Å². The number of aliphatic carboxylic acids is 1. The second-order valence-electron chi connectivity index (χ2n) is 1.94. The average Bonchev–Trinajstić information content (AvgIpc) is 2.13. The maximum atomic E-state index is 10.3. The van der Waals surface area contributed by atoms with E-state index in [1.807, 2.05) is 0 Å². The van der Waals surface area contributed by atoms with Gasteiger partial charge in [0.25, 0.3) is 0 Å². The van der Waals surface area contributed by atoms with Gasteiger partial charge in [0.2, 0.25) is 0 Å². The minimum atomic E-state index is -0.791. The molecule has 1 heterocycles. The summed E-state index contributed by atoms with van der Waals surface area (Å²) in [6.07, 6.45) is 0.844. The Balaban J connectivity index is 2.60. The van der Waals surface area contributed by atoms with Crippen LogP contribution in [0, 0.1) is 0 Å². The van der Waals surface area contributed by atoms with Crippen LogP contribution in [0.25, 0.3) is 0 Å². The van der Waals surface area contributed by atoms with Crippen molar-refractivity contribution >= 4 is 26.0 Å². The number of hydrogen-bond donors (Lipinski definition) is 2. The molecule has 0 amide bonds. The summed E-state index contributed by atoms with van der Waals surface area (Å²) in [4.78, 5) is 10.3. The van der Waals surface area contributed by atoms with E-state index < -0.39 is 12.0 Å². The fraction of sp³-hybridized carbons (Fsp3) is 0.600. The Labute approximate surface area is 60.8 Å². The van der Waals surface area contributed by atoms with Crippen LogP contribution < -0.4 is 5.32 Å². The molecule has 0 spiro atoms. The normalized spacial score (nSPS) is 26.7. The summed E-state index contributed by atoms with van der Waals surface area (Å²) in [5, 5.41) is 11.3. The summed E-state index contributed by atoms with van der Waals surface area (Å²) in [6, 6.07) is -0.440. The van der Waals surface area contributed by atoms with Gasteiger partial charge in [0.1, 0.15) is 0 Å². The third-order valence-electron chi connectivity index (χ3n) is 1.29. The number of carboxylic acid groups (broad SMARTS) is 1. The van der Waals surface area contributed by atoms with Crippen molar-refractivity contribution in [2.24, 2.45) is 0 Å². The molecule has 1 aliphatic heterocycles. The molecule has 2 N–H and O–H groups in total. The van der Waals surface area contributed by atoms with Crippen LogP contribution in [-0.4, -0.2) is 43.7 Å². The van der Waals surface area contributed by atoms with Crippen molar-refractivity contribution in [2.45, 2.75) is 12.5 Å². The molecule has 1 fully saturated rings. The number of carbonyl (C=O) groups is 1. The summed E-state index contributed by atoms with van der Waals surface area (Å²) in [5.74, 6) is -0.791. The molecule has 0 radical (unpaired) electrons. The predicted molar refractivity (Wildman–Crippen MR) is 34.8 cm³/mol. The van der Waals surface area contributed by atoms with Crippen molar-refractivity contribution in [1.29, 1.82) is 0 Å². The molecule has 0 aliphatic carbocycles. The van der Waals surface area contributed by atoms with Gasteiger partial charge in [0.05, 0.1) is 0 Å². The van der Waals surface area contributed by atoms with Gasteiger partial charge in [-0.15, -0.1) is 0 Å². The molecule has 4 heteroatoms. The quantitative estimate of drug-likeness (QED) is 0.511. The number of hydrogen-bond acceptors (Lipinski definition) is 2. The Bertz CT molecular complexity index is 157. The first-order valence-electron chi connectivity index (χ1n) is 2.70. The van der Waals surface area contributed by atoms with E-state index in [1.54, 1.807) is 0 Å². The first-order valence-corrected chi connectivity index (χ1v) is 3.56. The molecule has 0 aromatic carbocycles. The van der Waals surface area contributed by atoms with Gasteiger partial charge in [0, 0.05) is 0 Å². The molecule has 1 rings (SSSR count). The summed E-state index contributed by atoms with van der Waals surface area (Å²) in [5.41, 5.74) is 0. The summed E-state index contributed by atoms with van der Waals surface area (Å²) < 4.78 is 0.905. The zero-order valence-corrected chi connectivity index (χ0v) is 6.47. The number of carboxylic acids is 1. The first-order chi connectivity index (χ1) is 4.22. The number of rotatable bonds is 1. The Kier molecular flexibility index (Phi) is 2.01. The van der Waals surface area contributed by atoms with Crippen LogP contribution in [0.2, 0.25) is 0 Å². The Hall–Kier alpha value is -0.181. The Morgan fingerprint density at radius 3 is 2.78 bits per heavy atom. The minimum absolute atomic E-state index is 0.440. The predicted octanol–water partition coefficient (Wildman–Crippen LogP) is -1.23. The van der Waals surface area contributed by atoms with Crippen LogP contribution >= 0.6 is 0 Å². The fourth-order valence-electron chi connectivity index (χ4n) is 0.823. The van der Waals surface area contributed by atoms with Gasteiger partial charge in [-0.1, -0.05) is 0 Å². The van der Waals surface area contributed by atoms with Gasteiger partial charge in [-0.05, 0) is 0 Å². The van der Waals surface area contributed by atoms with Crippen LogP contribution in [-0.2, 0) is 4.79 Å². The number of nitrogens with one attached hydrogen (secondary N) is 1. The van der Waals surface area contributed by atoms with E-state index in [1.165, 1.54) is 0 Å². The molecule has 50 valence electrons. The molecule has 1 aliphatic rings. The second-order valence-corrected chi connectivity index (χ2v) is 3.04. The standard InChI is InChI=1S/C5H7NO2Se/c7-5(8)4-3(9)1-2-6-4/h4,6H,1-2H2,(H,7,8)/t4-/m0/s1. The van der Waals surface area contributed by atoms with Gasteiger partial charge < -0.3 is 0 Å². The van der Waals surface area contributed by atoms with Crippen LogP contribution in [0.5, 0.6) is 0 Å². The topological polar surface area (TPSA) is 49.3 Å². The third-order valence-corrected chi connectivity index (χ3v) is 2.21. The van der Waals surface area contributed by atoms with Crippen molar-refractivity contribution < 1.29 is 9.90 Å². The molecule has 0 aromatic rings. The summed E-state index contributed by atoms with van der Waals surface area (Å²) in [6.45, 7) is 0.777. The maximum absolute atomic E-state index is 10.3. The fourth-order valence-corrected chi connectivity index (χ4v) is 1.42. The third kappa shape index (κ3) is 1.39. The Morgan fingerprint density at radius 1 is 1.89 bits per heavy atom. The molecule has 0 bridgehead atoms. The average molecular weight is 192 g/mol. The van der Waals surface area contributed by atoms with E-state index in [4.69, 9.17) is 5.11 Å². The van der Waals surface area contributed by atoms with Crippen LogP contribution in [0.15, 0.2) is 0 Å². The van der Waals surface area contributed by atoms with Gasteiger partial charge >= 0.3 is 60.2 Å². The first kappa shape index (κ1) is 6.93. The molecule has 9 heavy (non-hydrogen) atoms. The van der Waals surface area contributed by atoms with E-state index in [0.717, 1.165) is 17.4 Å². The zero-order valence-electron chi connectivity index (χ0n) is 4.76. The van der Waals surface area contributed by atoms with Crippen molar-refractivity contribution in [3.63, 3.8) is 0 Å². The van der Waals surface area contributed by atoms with Crippen molar-refractivity contribution in [3.8, 4) is 0 Å². The zero-order chi connectivity index (χ0) is 6.85.